The van der Waals surface area contributed by atoms with Gasteiger partial charge in [-0.05, 0) is 26.0 Å². The Kier molecular flexibility index (Phi) is 6.05. The van der Waals surface area contributed by atoms with Crippen molar-refractivity contribution in [2.45, 2.75) is 25.5 Å². The highest BCUT2D eigenvalue weighted by Gasteiger charge is 2.17. The molecule has 1 heterocycles. The van der Waals surface area contributed by atoms with Gasteiger partial charge in [0.2, 0.25) is 5.91 Å². The van der Waals surface area contributed by atoms with E-state index in [2.05, 4.69) is 15.5 Å². The van der Waals surface area contributed by atoms with E-state index in [4.69, 9.17) is 0 Å². The molecule has 3 rings (SSSR count). The molecular weight excluding hydrogens is 378 g/mol. The predicted molar refractivity (Wildman–Crippen MR) is 108 cm³/mol. The first kappa shape index (κ1) is 19.6. The average molecular weight is 397 g/mol. The number of nitro benzene ring substituents is 1. The summed E-state index contributed by atoms with van der Waals surface area (Å²) < 4.78 is 1.94. The number of amides is 1. The van der Waals surface area contributed by atoms with Crippen LogP contribution in [-0.4, -0.2) is 31.3 Å². The Morgan fingerprint density at radius 1 is 1.21 bits per heavy atom. The van der Waals surface area contributed by atoms with Crippen molar-refractivity contribution in [1.82, 2.24) is 14.8 Å². The maximum Gasteiger partial charge on any atom is 0.292 e. The Morgan fingerprint density at radius 2 is 2.00 bits per heavy atom. The van der Waals surface area contributed by atoms with E-state index in [0.717, 1.165) is 17.0 Å². The average Bonchev–Trinajstić information content (AvgIpc) is 3.09. The predicted octanol–water partition coefficient (Wildman–Crippen LogP) is 3.91. The summed E-state index contributed by atoms with van der Waals surface area (Å²) in [5.41, 5.74) is 2.13. The SMILES string of the molecule is CCn1c(SCC(=O)Nc2ccccc2[N+](=O)[O-])nnc1-c1cccc(C)c1. The standard InChI is InChI=1S/C19H19N5O3S/c1-3-23-18(14-8-6-7-13(2)11-14)21-22-19(23)28-12-17(25)20-15-9-4-5-10-16(15)24(26)27/h4-11H,3,12H2,1-2H3,(H,20,25). The number of aromatic nitrogens is 3. The van der Waals surface area contributed by atoms with Crippen LogP contribution in [-0.2, 0) is 11.3 Å². The molecule has 0 aliphatic carbocycles. The number of nitrogens with zero attached hydrogens (tertiary/aromatic N) is 4. The molecule has 0 spiro atoms. The molecule has 0 aliphatic rings. The Labute approximate surface area is 166 Å². The third-order valence-electron chi connectivity index (χ3n) is 4.02. The van der Waals surface area contributed by atoms with Crippen molar-refractivity contribution in [2.24, 2.45) is 0 Å². The minimum absolute atomic E-state index is 0.0675. The highest BCUT2D eigenvalue weighted by atomic mass is 32.2. The molecule has 28 heavy (non-hydrogen) atoms. The van der Waals surface area contributed by atoms with Crippen LogP contribution in [0.3, 0.4) is 0 Å². The van der Waals surface area contributed by atoms with Gasteiger partial charge in [0.15, 0.2) is 11.0 Å². The van der Waals surface area contributed by atoms with Crippen molar-refractivity contribution in [3.05, 3.63) is 64.2 Å². The number of para-hydroxylation sites is 2. The van der Waals surface area contributed by atoms with Crippen molar-refractivity contribution in [1.29, 1.82) is 0 Å². The molecule has 0 fully saturated rings. The summed E-state index contributed by atoms with van der Waals surface area (Å²) in [5, 5.41) is 22.7. The zero-order valence-electron chi connectivity index (χ0n) is 15.5. The van der Waals surface area contributed by atoms with Gasteiger partial charge in [0.05, 0.1) is 10.7 Å². The number of hydrogen-bond donors (Lipinski definition) is 1. The van der Waals surface area contributed by atoms with Crippen molar-refractivity contribution in [2.75, 3.05) is 11.1 Å². The van der Waals surface area contributed by atoms with Crippen molar-refractivity contribution in [3.8, 4) is 11.4 Å². The number of nitrogens with one attached hydrogen (secondary N) is 1. The summed E-state index contributed by atoms with van der Waals surface area (Å²) in [7, 11) is 0. The smallest absolute Gasteiger partial charge is 0.292 e. The van der Waals surface area contributed by atoms with Crippen LogP contribution in [0.2, 0.25) is 0 Å². The summed E-state index contributed by atoms with van der Waals surface area (Å²) in [4.78, 5) is 22.8. The maximum atomic E-state index is 12.3. The largest absolute Gasteiger partial charge is 0.320 e. The Hall–Kier alpha value is -3.20. The Balaban J connectivity index is 1.71. The molecule has 8 nitrogen and oxygen atoms in total. The van der Waals surface area contributed by atoms with Crippen molar-refractivity contribution >= 4 is 29.0 Å². The van der Waals surface area contributed by atoms with E-state index in [0.29, 0.717) is 11.7 Å². The summed E-state index contributed by atoms with van der Waals surface area (Å²) in [6.45, 7) is 4.66. The molecule has 2 aromatic carbocycles. The van der Waals surface area contributed by atoms with Crippen molar-refractivity contribution in [3.63, 3.8) is 0 Å². The van der Waals surface area contributed by atoms with Gasteiger partial charge in [0, 0.05) is 18.2 Å². The Morgan fingerprint density at radius 3 is 2.71 bits per heavy atom. The first-order chi connectivity index (χ1) is 13.5. The maximum absolute atomic E-state index is 12.3. The van der Waals surface area contributed by atoms with Gasteiger partial charge in [-0.3, -0.25) is 14.9 Å². The van der Waals surface area contributed by atoms with Gasteiger partial charge in [-0.25, -0.2) is 0 Å². The molecule has 0 aliphatic heterocycles. The summed E-state index contributed by atoms with van der Waals surface area (Å²) in [5.74, 6) is 0.465. The van der Waals surface area contributed by atoms with Gasteiger partial charge in [0.1, 0.15) is 5.69 Å². The van der Waals surface area contributed by atoms with E-state index in [1.165, 1.54) is 23.9 Å². The molecule has 9 heteroatoms. The van der Waals surface area contributed by atoms with Crippen LogP contribution in [0.25, 0.3) is 11.4 Å². The normalized spacial score (nSPS) is 10.6. The monoisotopic (exact) mass is 397 g/mol. The number of thioether (sulfide) groups is 1. The number of nitro groups is 1. The number of carbonyl (C=O) groups excluding carboxylic acids is 1. The molecule has 144 valence electrons. The molecule has 0 atom stereocenters. The molecule has 3 aromatic rings. The van der Waals surface area contributed by atoms with E-state index in [1.807, 2.05) is 42.7 Å². The van der Waals surface area contributed by atoms with Crippen LogP contribution in [0.1, 0.15) is 12.5 Å². The molecule has 1 aromatic heterocycles. The lowest BCUT2D eigenvalue weighted by molar-refractivity contribution is -0.383. The van der Waals surface area contributed by atoms with Gasteiger partial charge in [0.25, 0.3) is 5.69 Å². The molecule has 0 saturated carbocycles. The van der Waals surface area contributed by atoms with Gasteiger partial charge < -0.3 is 9.88 Å². The third kappa shape index (κ3) is 4.37. The number of anilines is 1. The van der Waals surface area contributed by atoms with Crippen LogP contribution >= 0.6 is 11.8 Å². The van der Waals surface area contributed by atoms with E-state index in [9.17, 15) is 14.9 Å². The highest BCUT2D eigenvalue weighted by molar-refractivity contribution is 7.99. The minimum atomic E-state index is -0.523. The lowest BCUT2D eigenvalue weighted by Gasteiger charge is -2.08. The second kappa shape index (κ2) is 8.66. The zero-order chi connectivity index (χ0) is 20.1. The highest BCUT2D eigenvalue weighted by Crippen LogP contribution is 2.26. The molecule has 0 unspecified atom stereocenters. The third-order valence-corrected chi connectivity index (χ3v) is 4.98. The van der Waals surface area contributed by atoms with Crippen LogP contribution in [0.5, 0.6) is 0 Å². The molecule has 1 amide bonds. The quantitative estimate of drug-likeness (QED) is 0.368. The van der Waals surface area contributed by atoms with E-state index >= 15 is 0 Å². The summed E-state index contributed by atoms with van der Waals surface area (Å²) >= 11 is 1.24. The fourth-order valence-corrected chi connectivity index (χ4v) is 3.54. The van der Waals surface area contributed by atoms with E-state index in [-0.39, 0.29) is 23.0 Å². The summed E-state index contributed by atoms with van der Waals surface area (Å²) in [6, 6.07) is 14.0. The van der Waals surface area contributed by atoms with E-state index < -0.39 is 4.92 Å². The molecule has 0 bridgehead atoms. The van der Waals surface area contributed by atoms with Gasteiger partial charge in [-0.2, -0.15) is 0 Å². The zero-order valence-corrected chi connectivity index (χ0v) is 16.3. The summed E-state index contributed by atoms with van der Waals surface area (Å²) in [6.07, 6.45) is 0. The second-order valence-corrected chi connectivity index (χ2v) is 6.97. The van der Waals surface area contributed by atoms with Crippen LogP contribution in [0.15, 0.2) is 53.7 Å². The fraction of sp³-hybridized carbons (Fsp3) is 0.211. The minimum Gasteiger partial charge on any atom is -0.320 e. The van der Waals surface area contributed by atoms with Crippen LogP contribution < -0.4 is 5.32 Å². The number of aryl methyl sites for hydroxylation is 1. The van der Waals surface area contributed by atoms with Crippen molar-refractivity contribution < 1.29 is 9.72 Å². The second-order valence-electron chi connectivity index (χ2n) is 6.03. The fourth-order valence-electron chi connectivity index (χ4n) is 2.73. The van der Waals surface area contributed by atoms with Crippen LogP contribution in [0.4, 0.5) is 11.4 Å². The van der Waals surface area contributed by atoms with Gasteiger partial charge in [-0.1, -0.05) is 47.7 Å². The number of benzene rings is 2. The topological polar surface area (TPSA) is 103 Å². The molecule has 1 N–H and O–H groups in total. The van der Waals surface area contributed by atoms with E-state index in [1.54, 1.807) is 12.1 Å². The Bertz CT molecular complexity index is 1020. The van der Waals surface area contributed by atoms with Gasteiger partial charge >= 0.3 is 0 Å². The molecule has 0 saturated heterocycles. The number of carbonyl (C=O) groups is 1. The number of hydrogen-bond acceptors (Lipinski definition) is 6. The molecule has 0 radical (unpaired) electrons. The number of rotatable bonds is 7. The lowest BCUT2D eigenvalue weighted by Crippen LogP contribution is -2.15. The van der Waals surface area contributed by atoms with Gasteiger partial charge in [-0.15, -0.1) is 10.2 Å². The lowest BCUT2D eigenvalue weighted by atomic mass is 10.1. The first-order valence-electron chi connectivity index (χ1n) is 8.66. The van der Waals surface area contributed by atoms with Crippen LogP contribution in [0, 0.1) is 17.0 Å². The first-order valence-corrected chi connectivity index (χ1v) is 9.64. The molecular formula is C19H19N5O3S.